The molecule has 0 fully saturated rings. The van der Waals surface area contributed by atoms with Gasteiger partial charge in [0.2, 0.25) is 5.89 Å². The summed E-state index contributed by atoms with van der Waals surface area (Å²) in [6.45, 7) is 2.00. The number of aryl methyl sites for hydroxylation is 1. The van der Waals surface area contributed by atoms with Gasteiger partial charge in [0.15, 0.2) is 5.78 Å². The van der Waals surface area contributed by atoms with Crippen LogP contribution in [-0.2, 0) is 17.6 Å². The van der Waals surface area contributed by atoms with Gasteiger partial charge >= 0.3 is 12.1 Å². The van der Waals surface area contributed by atoms with Crippen molar-refractivity contribution in [3.05, 3.63) is 119 Å². The number of carboxylic acids is 1. The highest BCUT2D eigenvalue weighted by Gasteiger charge is 2.37. The Balaban J connectivity index is 1.36. The summed E-state index contributed by atoms with van der Waals surface area (Å²) in [5, 5.41) is 11.6. The third-order valence-electron chi connectivity index (χ3n) is 6.22. The zero-order valence-electron chi connectivity index (χ0n) is 22.3. The fraction of sp³-hybridized carbons (Fsp3) is 0.194. The number of hydrogen-bond acceptors (Lipinski definition) is 6. The summed E-state index contributed by atoms with van der Waals surface area (Å²) in [7, 11) is 0. The molecule has 4 aromatic rings. The minimum Gasteiger partial charge on any atom is -0.493 e. The molecule has 0 radical (unpaired) electrons. The zero-order chi connectivity index (χ0) is 30.3. The standard InChI is InChI=1S/C31H26F4N2O5/c1-19-25(37-29(42-19)22-9-11-23(32)12-10-22)15-16-41-24-13-7-20(8-14-24)17-26(30(39)40)36-28(31(33,34)35)18-27(38)21-5-3-2-4-6-21/h2-14,18,26,36H,15-17H2,1H3,(H,39,40)/b28-18+/t26-/m0/s1. The number of rotatable bonds is 12. The second-order valence-electron chi connectivity index (χ2n) is 9.30. The van der Waals surface area contributed by atoms with Crippen LogP contribution >= 0.6 is 0 Å². The molecule has 42 heavy (non-hydrogen) atoms. The largest absolute Gasteiger partial charge is 0.493 e. The number of oxazole rings is 1. The molecule has 11 heteroatoms. The molecule has 1 heterocycles. The summed E-state index contributed by atoms with van der Waals surface area (Å²) < 4.78 is 65.6. The molecule has 0 spiro atoms. The number of carboxylic acid groups (broad SMARTS) is 1. The number of nitrogens with zero attached hydrogens (tertiary/aromatic N) is 1. The number of aromatic nitrogens is 1. The summed E-state index contributed by atoms with van der Waals surface area (Å²) in [6, 6.07) is 17.7. The van der Waals surface area contributed by atoms with Crippen LogP contribution in [0.1, 0.15) is 27.4 Å². The number of hydrogen-bond donors (Lipinski definition) is 2. The molecule has 1 atom stereocenters. The van der Waals surface area contributed by atoms with Crippen molar-refractivity contribution in [3.8, 4) is 17.2 Å². The second kappa shape index (κ2) is 13.2. The Labute approximate surface area is 238 Å². The van der Waals surface area contributed by atoms with Crippen molar-refractivity contribution in [3.63, 3.8) is 0 Å². The zero-order valence-corrected chi connectivity index (χ0v) is 22.3. The van der Waals surface area contributed by atoms with E-state index >= 15 is 0 Å². The maximum Gasteiger partial charge on any atom is 0.431 e. The van der Waals surface area contributed by atoms with Crippen LogP contribution in [0.3, 0.4) is 0 Å². The smallest absolute Gasteiger partial charge is 0.431 e. The van der Waals surface area contributed by atoms with E-state index in [0.717, 1.165) is 0 Å². The van der Waals surface area contributed by atoms with Gasteiger partial charge in [-0.15, -0.1) is 0 Å². The lowest BCUT2D eigenvalue weighted by Crippen LogP contribution is -2.42. The molecule has 0 amide bonds. The van der Waals surface area contributed by atoms with Crippen LogP contribution in [-0.4, -0.2) is 40.7 Å². The van der Waals surface area contributed by atoms with Crippen molar-refractivity contribution in [1.29, 1.82) is 0 Å². The number of carbonyl (C=O) groups is 2. The molecular formula is C31H26F4N2O5. The van der Waals surface area contributed by atoms with Gasteiger partial charge in [-0.25, -0.2) is 14.2 Å². The molecule has 218 valence electrons. The van der Waals surface area contributed by atoms with E-state index in [2.05, 4.69) is 4.98 Å². The molecule has 2 N–H and O–H groups in total. The number of halogens is 4. The van der Waals surface area contributed by atoms with Gasteiger partial charge in [-0.2, -0.15) is 13.2 Å². The molecule has 0 bridgehead atoms. The van der Waals surface area contributed by atoms with Gasteiger partial charge in [-0.05, 0) is 48.9 Å². The van der Waals surface area contributed by atoms with E-state index in [1.807, 2.05) is 5.32 Å². The topological polar surface area (TPSA) is 102 Å². The molecule has 4 rings (SSSR count). The Bertz CT molecular complexity index is 1550. The molecule has 0 unspecified atom stereocenters. The van der Waals surface area contributed by atoms with E-state index in [9.17, 15) is 32.3 Å². The van der Waals surface area contributed by atoms with Crippen LogP contribution in [0.5, 0.6) is 5.75 Å². The SMILES string of the molecule is Cc1oc(-c2ccc(F)cc2)nc1CCOc1ccc(C[C@H](N/C(=C/C(=O)c2ccccc2)C(F)(F)F)C(=O)O)cc1. The summed E-state index contributed by atoms with van der Waals surface area (Å²) in [4.78, 5) is 28.6. The maximum absolute atomic E-state index is 13.7. The van der Waals surface area contributed by atoms with E-state index in [-0.39, 0.29) is 24.4 Å². The number of aliphatic carboxylic acids is 1. The van der Waals surface area contributed by atoms with Gasteiger partial charge in [-0.1, -0.05) is 42.5 Å². The van der Waals surface area contributed by atoms with Crippen LogP contribution in [0.4, 0.5) is 17.6 Å². The van der Waals surface area contributed by atoms with Crippen LogP contribution in [0, 0.1) is 12.7 Å². The van der Waals surface area contributed by atoms with Crippen LogP contribution in [0.2, 0.25) is 0 Å². The van der Waals surface area contributed by atoms with Gasteiger partial charge in [0.25, 0.3) is 0 Å². The number of allylic oxidation sites excluding steroid dienone is 2. The fourth-order valence-electron chi connectivity index (χ4n) is 4.01. The highest BCUT2D eigenvalue weighted by atomic mass is 19.4. The Morgan fingerprint density at radius 2 is 1.69 bits per heavy atom. The Morgan fingerprint density at radius 3 is 2.31 bits per heavy atom. The monoisotopic (exact) mass is 582 g/mol. The lowest BCUT2D eigenvalue weighted by atomic mass is 10.0. The minimum atomic E-state index is -4.97. The number of ketones is 1. The first-order valence-electron chi connectivity index (χ1n) is 12.8. The normalized spacial score (nSPS) is 12.5. The average molecular weight is 583 g/mol. The van der Waals surface area contributed by atoms with Crippen LogP contribution < -0.4 is 10.1 Å². The van der Waals surface area contributed by atoms with Crippen LogP contribution in [0.15, 0.2) is 95.1 Å². The van der Waals surface area contributed by atoms with Gasteiger partial charge in [0.1, 0.15) is 29.1 Å². The molecule has 0 saturated heterocycles. The first kappa shape index (κ1) is 30.0. The van der Waals surface area contributed by atoms with E-state index in [4.69, 9.17) is 9.15 Å². The lowest BCUT2D eigenvalue weighted by Gasteiger charge is -2.20. The summed E-state index contributed by atoms with van der Waals surface area (Å²) in [6.07, 6.45) is -4.48. The maximum atomic E-state index is 13.7. The summed E-state index contributed by atoms with van der Waals surface area (Å²) >= 11 is 0. The second-order valence-corrected chi connectivity index (χ2v) is 9.30. The molecule has 0 saturated carbocycles. The van der Waals surface area contributed by atoms with E-state index < -0.39 is 29.7 Å². The first-order chi connectivity index (χ1) is 20.0. The molecular weight excluding hydrogens is 556 g/mol. The summed E-state index contributed by atoms with van der Waals surface area (Å²) in [5.41, 5.74) is 0.331. The van der Waals surface area contributed by atoms with E-state index in [1.54, 1.807) is 49.4 Å². The predicted octanol–water partition coefficient (Wildman–Crippen LogP) is 6.33. The van der Waals surface area contributed by atoms with Crippen molar-refractivity contribution >= 4 is 11.8 Å². The highest BCUT2D eigenvalue weighted by molar-refractivity contribution is 6.05. The molecule has 3 aromatic carbocycles. The summed E-state index contributed by atoms with van der Waals surface area (Å²) in [5.74, 6) is -1.37. The highest BCUT2D eigenvalue weighted by Crippen LogP contribution is 2.26. The lowest BCUT2D eigenvalue weighted by molar-refractivity contribution is -0.140. The number of nitrogens with one attached hydrogen (secondary N) is 1. The van der Waals surface area contributed by atoms with Crippen molar-refractivity contribution in [2.45, 2.75) is 32.0 Å². The third kappa shape index (κ3) is 8.06. The minimum absolute atomic E-state index is 0.0375. The number of alkyl halides is 3. The van der Waals surface area contributed by atoms with Gasteiger partial charge in [0.05, 0.1) is 12.3 Å². The first-order valence-corrected chi connectivity index (χ1v) is 12.8. The molecule has 7 nitrogen and oxygen atoms in total. The molecule has 0 aliphatic rings. The Kier molecular flexibility index (Phi) is 9.41. The van der Waals surface area contributed by atoms with Crippen molar-refractivity contribution in [2.24, 2.45) is 0 Å². The van der Waals surface area contributed by atoms with E-state index in [1.165, 1.54) is 36.4 Å². The molecule has 1 aromatic heterocycles. The van der Waals surface area contributed by atoms with Crippen molar-refractivity contribution in [2.75, 3.05) is 6.61 Å². The van der Waals surface area contributed by atoms with E-state index in [0.29, 0.717) is 46.7 Å². The van der Waals surface area contributed by atoms with Gasteiger partial charge < -0.3 is 19.6 Å². The predicted molar refractivity (Wildman–Crippen MR) is 145 cm³/mol. The molecule has 0 aliphatic carbocycles. The molecule has 0 aliphatic heterocycles. The third-order valence-corrected chi connectivity index (χ3v) is 6.22. The van der Waals surface area contributed by atoms with Crippen molar-refractivity contribution in [1.82, 2.24) is 10.3 Å². The van der Waals surface area contributed by atoms with Crippen LogP contribution in [0.25, 0.3) is 11.5 Å². The Morgan fingerprint density at radius 1 is 1.02 bits per heavy atom. The Hall–Kier alpha value is -4.93. The number of carbonyl (C=O) groups excluding carboxylic acids is 1. The number of ether oxygens (including phenoxy) is 1. The van der Waals surface area contributed by atoms with Crippen molar-refractivity contribution < 1.29 is 41.4 Å². The number of benzene rings is 3. The van der Waals surface area contributed by atoms with Gasteiger partial charge in [0, 0.05) is 30.0 Å². The quantitative estimate of drug-likeness (QED) is 0.114. The fourth-order valence-corrected chi connectivity index (χ4v) is 4.01. The van der Waals surface area contributed by atoms with Gasteiger partial charge in [-0.3, -0.25) is 4.79 Å². The average Bonchev–Trinajstić information content (AvgIpc) is 3.33.